The van der Waals surface area contributed by atoms with Crippen LogP contribution in [0, 0.1) is 6.92 Å². The Morgan fingerprint density at radius 2 is 1.81 bits per heavy atom. The molecule has 0 saturated heterocycles. The van der Waals surface area contributed by atoms with E-state index in [9.17, 15) is 13.2 Å². The Labute approximate surface area is 174 Å². The first kappa shape index (κ1) is 22.0. The number of thioether (sulfide) groups is 1. The van der Waals surface area contributed by atoms with Crippen LogP contribution in [0.25, 0.3) is 0 Å². The second-order valence-electron chi connectivity index (χ2n) is 6.05. The minimum atomic E-state index is -3.56. The molecule has 146 valence electrons. The number of carbonyl (C=O) groups is 1. The van der Waals surface area contributed by atoms with Crippen LogP contribution in [0.1, 0.15) is 11.1 Å². The smallest absolute Gasteiger partial charge is 0.242 e. The van der Waals surface area contributed by atoms with Crippen molar-refractivity contribution in [2.24, 2.45) is 0 Å². The van der Waals surface area contributed by atoms with Crippen LogP contribution in [0.4, 0.5) is 5.69 Å². The normalized spacial score (nSPS) is 11.6. The molecule has 27 heavy (non-hydrogen) atoms. The van der Waals surface area contributed by atoms with E-state index in [1.54, 1.807) is 18.2 Å². The summed E-state index contributed by atoms with van der Waals surface area (Å²) in [5.41, 5.74) is 2.24. The van der Waals surface area contributed by atoms with Crippen molar-refractivity contribution >= 4 is 56.6 Å². The van der Waals surface area contributed by atoms with Gasteiger partial charge in [-0.2, -0.15) is 0 Å². The first-order valence-corrected chi connectivity index (χ1v) is 11.3. The van der Waals surface area contributed by atoms with Crippen LogP contribution in [-0.2, 0) is 20.6 Å². The highest BCUT2D eigenvalue weighted by atomic mass is 35.5. The summed E-state index contributed by atoms with van der Waals surface area (Å²) >= 11 is 13.3. The summed E-state index contributed by atoms with van der Waals surface area (Å²) in [6.45, 7) is 1.81. The first-order chi connectivity index (χ1) is 12.6. The highest BCUT2D eigenvalue weighted by molar-refractivity contribution is 7.99. The molecule has 2 aromatic rings. The number of benzene rings is 2. The van der Waals surface area contributed by atoms with Crippen LogP contribution in [0.2, 0.25) is 10.0 Å². The molecule has 0 bridgehead atoms. The van der Waals surface area contributed by atoms with Gasteiger partial charge in [-0.05, 0) is 42.3 Å². The average molecular weight is 447 g/mol. The topological polar surface area (TPSA) is 66.5 Å². The van der Waals surface area contributed by atoms with Gasteiger partial charge in [-0.25, -0.2) is 12.7 Å². The Kier molecular flexibility index (Phi) is 7.59. The van der Waals surface area contributed by atoms with Crippen LogP contribution in [-0.4, -0.2) is 38.5 Å². The number of amides is 1. The van der Waals surface area contributed by atoms with Gasteiger partial charge in [0.1, 0.15) is 0 Å². The second-order valence-corrected chi connectivity index (χ2v) is 10.0. The van der Waals surface area contributed by atoms with Crippen LogP contribution in [0.5, 0.6) is 0 Å². The standard InChI is InChI=1S/C18H20Cl2N2O3S2/c1-12-4-6-14(27(24,25)22(2)3)9-17(12)21-18(23)11-26-10-13-5-7-15(19)16(20)8-13/h4-9H,10-11H2,1-3H3,(H,21,23). The van der Waals surface area contributed by atoms with Gasteiger partial charge in [0.05, 0.1) is 20.7 Å². The predicted octanol–water partition coefficient (Wildman–Crippen LogP) is 4.42. The molecule has 0 unspecified atom stereocenters. The average Bonchev–Trinajstić information content (AvgIpc) is 2.59. The molecule has 0 spiro atoms. The molecule has 9 heteroatoms. The number of hydrogen-bond acceptors (Lipinski definition) is 4. The number of sulfonamides is 1. The Balaban J connectivity index is 2.00. The highest BCUT2D eigenvalue weighted by Gasteiger charge is 2.18. The molecular weight excluding hydrogens is 427 g/mol. The maximum atomic E-state index is 12.3. The molecule has 2 aromatic carbocycles. The number of carbonyl (C=O) groups excluding carboxylic acids is 1. The zero-order chi connectivity index (χ0) is 20.2. The van der Waals surface area contributed by atoms with E-state index in [0.29, 0.717) is 21.5 Å². The minimum Gasteiger partial charge on any atom is -0.325 e. The number of anilines is 1. The summed E-state index contributed by atoms with van der Waals surface area (Å²) in [6, 6.07) is 10.0. The third-order valence-electron chi connectivity index (χ3n) is 3.75. The molecule has 2 rings (SSSR count). The summed E-state index contributed by atoms with van der Waals surface area (Å²) in [5, 5.41) is 3.75. The summed E-state index contributed by atoms with van der Waals surface area (Å²) in [4.78, 5) is 12.4. The van der Waals surface area contributed by atoms with Gasteiger partial charge in [-0.3, -0.25) is 4.79 Å². The van der Waals surface area contributed by atoms with Crippen LogP contribution in [0.3, 0.4) is 0 Å². The molecule has 0 aromatic heterocycles. The van der Waals surface area contributed by atoms with Gasteiger partial charge >= 0.3 is 0 Å². The molecule has 0 aliphatic carbocycles. The summed E-state index contributed by atoms with van der Waals surface area (Å²) < 4.78 is 25.6. The van der Waals surface area contributed by atoms with Gasteiger partial charge in [-0.15, -0.1) is 11.8 Å². The Morgan fingerprint density at radius 3 is 2.44 bits per heavy atom. The van der Waals surface area contributed by atoms with Crippen molar-refractivity contribution in [1.82, 2.24) is 4.31 Å². The van der Waals surface area contributed by atoms with Gasteiger partial charge in [-0.1, -0.05) is 35.3 Å². The molecular formula is C18H20Cl2N2O3S2. The van der Waals surface area contributed by atoms with Crippen molar-refractivity contribution in [3.05, 3.63) is 57.6 Å². The molecule has 0 fully saturated rings. The Hall–Kier alpha value is -1.25. The lowest BCUT2D eigenvalue weighted by molar-refractivity contribution is -0.113. The summed E-state index contributed by atoms with van der Waals surface area (Å²) in [7, 11) is -0.628. The van der Waals surface area contributed by atoms with Gasteiger partial charge in [0.25, 0.3) is 0 Å². The Morgan fingerprint density at radius 1 is 1.11 bits per heavy atom. The maximum absolute atomic E-state index is 12.3. The molecule has 0 radical (unpaired) electrons. The van der Waals surface area contributed by atoms with Crippen molar-refractivity contribution in [3.8, 4) is 0 Å². The molecule has 0 aliphatic heterocycles. The van der Waals surface area contributed by atoms with Crippen LogP contribution in [0.15, 0.2) is 41.3 Å². The molecule has 1 N–H and O–H groups in total. The van der Waals surface area contributed by atoms with Crippen molar-refractivity contribution in [2.75, 3.05) is 25.2 Å². The van der Waals surface area contributed by atoms with Crippen LogP contribution < -0.4 is 5.32 Å². The number of hydrogen-bond donors (Lipinski definition) is 1. The van der Waals surface area contributed by atoms with E-state index in [-0.39, 0.29) is 16.6 Å². The van der Waals surface area contributed by atoms with E-state index in [0.717, 1.165) is 15.4 Å². The Bertz CT molecular complexity index is 948. The van der Waals surface area contributed by atoms with Crippen molar-refractivity contribution in [1.29, 1.82) is 0 Å². The first-order valence-electron chi connectivity index (χ1n) is 7.96. The largest absolute Gasteiger partial charge is 0.325 e. The van der Waals surface area contributed by atoms with E-state index < -0.39 is 10.0 Å². The van der Waals surface area contributed by atoms with Gasteiger partial charge in [0.2, 0.25) is 15.9 Å². The molecule has 0 atom stereocenters. The monoisotopic (exact) mass is 446 g/mol. The van der Waals surface area contributed by atoms with Crippen molar-refractivity contribution in [3.63, 3.8) is 0 Å². The number of nitrogens with one attached hydrogen (secondary N) is 1. The lowest BCUT2D eigenvalue weighted by Gasteiger charge is -2.14. The molecule has 0 heterocycles. The molecule has 0 saturated carbocycles. The van der Waals surface area contributed by atoms with E-state index >= 15 is 0 Å². The number of nitrogens with zero attached hydrogens (tertiary/aromatic N) is 1. The third kappa shape index (κ3) is 5.86. The summed E-state index contributed by atoms with van der Waals surface area (Å²) in [6.07, 6.45) is 0. The number of aryl methyl sites for hydroxylation is 1. The molecule has 1 amide bonds. The van der Waals surface area contributed by atoms with E-state index in [4.69, 9.17) is 23.2 Å². The van der Waals surface area contributed by atoms with E-state index in [1.165, 1.54) is 38.0 Å². The van der Waals surface area contributed by atoms with Crippen molar-refractivity contribution < 1.29 is 13.2 Å². The quantitative estimate of drug-likeness (QED) is 0.682. The fraction of sp³-hybridized carbons (Fsp3) is 0.278. The van der Waals surface area contributed by atoms with E-state index in [2.05, 4.69) is 5.32 Å². The fourth-order valence-corrected chi connectivity index (χ4v) is 4.21. The minimum absolute atomic E-state index is 0.136. The molecule has 0 aliphatic rings. The maximum Gasteiger partial charge on any atom is 0.242 e. The molecule has 5 nitrogen and oxygen atoms in total. The zero-order valence-corrected chi connectivity index (χ0v) is 18.3. The van der Waals surface area contributed by atoms with Crippen LogP contribution >= 0.6 is 35.0 Å². The number of rotatable bonds is 7. The third-order valence-corrected chi connectivity index (χ3v) is 7.30. The second kappa shape index (κ2) is 9.30. The van der Waals surface area contributed by atoms with Gasteiger partial charge < -0.3 is 5.32 Å². The predicted molar refractivity (Wildman–Crippen MR) is 113 cm³/mol. The highest BCUT2D eigenvalue weighted by Crippen LogP contribution is 2.25. The number of halogens is 2. The van der Waals surface area contributed by atoms with Gasteiger partial charge in [0.15, 0.2) is 0 Å². The summed E-state index contributed by atoms with van der Waals surface area (Å²) in [5.74, 6) is 0.630. The van der Waals surface area contributed by atoms with Gasteiger partial charge in [0, 0.05) is 25.5 Å². The van der Waals surface area contributed by atoms with Crippen molar-refractivity contribution in [2.45, 2.75) is 17.6 Å². The SMILES string of the molecule is Cc1ccc(S(=O)(=O)N(C)C)cc1NC(=O)CSCc1ccc(Cl)c(Cl)c1. The van der Waals surface area contributed by atoms with E-state index in [1.807, 2.05) is 13.0 Å². The lowest BCUT2D eigenvalue weighted by atomic mass is 10.2. The fourth-order valence-electron chi connectivity index (χ4n) is 2.18. The lowest BCUT2D eigenvalue weighted by Crippen LogP contribution is -2.22. The zero-order valence-electron chi connectivity index (χ0n) is 15.1.